The van der Waals surface area contributed by atoms with E-state index in [4.69, 9.17) is 4.74 Å². The summed E-state index contributed by atoms with van der Waals surface area (Å²) in [4.78, 5) is 12.1. The predicted molar refractivity (Wildman–Crippen MR) is 118 cm³/mol. The van der Waals surface area contributed by atoms with E-state index in [1.54, 1.807) is 0 Å². The molecule has 0 aromatic heterocycles. The lowest BCUT2D eigenvalue weighted by atomic mass is 9.98. The van der Waals surface area contributed by atoms with Gasteiger partial charge in [-0.05, 0) is 40.5 Å². The van der Waals surface area contributed by atoms with Gasteiger partial charge >= 0.3 is 18.6 Å². The molecule has 0 fully saturated rings. The molecule has 4 nitrogen and oxygen atoms in total. The van der Waals surface area contributed by atoms with Crippen LogP contribution in [0.1, 0.15) is 22.6 Å². The molecule has 0 radical (unpaired) electrons. The number of halogens is 4. The number of nitrogens with one attached hydrogen (secondary N) is 1. The van der Waals surface area contributed by atoms with Crippen molar-refractivity contribution in [2.45, 2.75) is 18.5 Å². The van der Waals surface area contributed by atoms with Crippen molar-refractivity contribution in [2.24, 2.45) is 0 Å². The Balaban J connectivity index is 1.31. The lowest BCUT2D eigenvalue weighted by Gasteiger charge is -2.16. The third-order valence-electron chi connectivity index (χ3n) is 5.24. The maximum atomic E-state index is 13.0. The first kappa shape index (κ1) is 23.2. The SMILES string of the molecule is O=C(NCC#Cc1cccc(OC(F)(F)C(F)F)c1)OCC1c2ccccc2-c2ccccc21. The van der Waals surface area contributed by atoms with Crippen molar-refractivity contribution in [2.75, 3.05) is 13.2 Å². The first-order valence-corrected chi connectivity index (χ1v) is 10.4. The third kappa shape index (κ3) is 5.15. The highest BCUT2D eigenvalue weighted by Gasteiger charge is 2.44. The van der Waals surface area contributed by atoms with Crippen LogP contribution in [0.3, 0.4) is 0 Å². The molecule has 174 valence electrons. The number of ether oxygens (including phenoxy) is 2. The highest BCUT2D eigenvalue weighted by Crippen LogP contribution is 2.44. The molecule has 1 amide bonds. The average Bonchev–Trinajstić information content (AvgIpc) is 3.14. The maximum absolute atomic E-state index is 13.0. The Kier molecular flexibility index (Phi) is 6.73. The topological polar surface area (TPSA) is 47.6 Å². The molecule has 4 rings (SSSR count). The van der Waals surface area contributed by atoms with E-state index in [1.165, 1.54) is 12.1 Å². The van der Waals surface area contributed by atoms with Crippen LogP contribution in [0.15, 0.2) is 72.8 Å². The van der Waals surface area contributed by atoms with Crippen LogP contribution in [-0.4, -0.2) is 31.8 Å². The predicted octanol–water partition coefficient (Wildman–Crippen LogP) is 5.81. The summed E-state index contributed by atoms with van der Waals surface area (Å²) in [6.45, 7) is 0.0972. The van der Waals surface area contributed by atoms with Gasteiger partial charge in [0.25, 0.3) is 0 Å². The summed E-state index contributed by atoms with van der Waals surface area (Å²) >= 11 is 0. The minimum absolute atomic E-state index is 0.0606. The van der Waals surface area contributed by atoms with Gasteiger partial charge in [-0.15, -0.1) is 0 Å². The molecule has 1 aliphatic rings. The first-order valence-electron chi connectivity index (χ1n) is 10.4. The number of amides is 1. The Morgan fingerprint density at radius 1 is 0.971 bits per heavy atom. The molecule has 8 heteroatoms. The van der Waals surface area contributed by atoms with E-state index >= 15 is 0 Å². The molecule has 0 heterocycles. The quantitative estimate of drug-likeness (QED) is 0.366. The fourth-order valence-electron chi connectivity index (χ4n) is 3.75. The van der Waals surface area contributed by atoms with Gasteiger partial charge in [-0.2, -0.15) is 17.6 Å². The second kappa shape index (κ2) is 9.87. The Morgan fingerprint density at radius 2 is 1.62 bits per heavy atom. The molecule has 0 saturated heterocycles. The van der Waals surface area contributed by atoms with Gasteiger partial charge in [0.2, 0.25) is 0 Å². The summed E-state index contributed by atoms with van der Waals surface area (Å²) < 4.78 is 60.1. The number of carbonyl (C=O) groups is 1. The molecule has 0 bridgehead atoms. The highest BCUT2D eigenvalue weighted by molar-refractivity contribution is 5.79. The monoisotopic (exact) mass is 469 g/mol. The van der Waals surface area contributed by atoms with E-state index in [0.29, 0.717) is 0 Å². The van der Waals surface area contributed by atoms with Crippen molar-refractivity contribution in [3.8, 4) is 28.7 Å². The standard InChI is InChI=1S/C26H19F4NO3/c27-24(28)26(29,30)34-18-9-5-7-17(15-18)8-6-14-31-25(32)33-16-23-21-12-3-1-10-19(21)20-11-2-4-13-22(20)23/h1-5,7,9-13,15,23-24H,14,16H2,(H,31,32). The first-order chi connectivity index (χ1) is 16.3. The number of hydrogen-bond acceptors (Lipinski definition) is 3. The van der Waals surface area contributed by atoms with E-state index < -0.39 is 24.4 Å². The molecule has 0 aliphatic heterocycles. The lowest BCUT2D eigenvalue weighted by molar-refractivity contribution is -0.253. The van der Waals surface area contributed by atoms with E-state index in [1.807, 2.05) is 48.5 Å². The minimum atomic E-state index is -4.60. The van der Waals surface area contributed by atoms with Gasteiger partial charge in [0, 0.05) is 11.5 Å². The molecule has 34 heavy (non-hydrogen) atoms. The summed E-state index contributed by atoms with van der Waals surface area (Å²) in [6, 6.07) is 21.0. The summed E-state index contributed by atoms with van der Waals surface area (Å²) in [5, 5.41) is 2.51. The fraction of sp³-hybridized carbons (Fsp3) is 0.192. The Bertz CT molecular complexity index is 1200. The summed E-state index contributed by atoms with van der Waals surface area (Å²) in [7, 11) is 0. The molecule has 0 spiro atoms. The zero-order chi connectivity index (χ0) is 24.1. The fourth-order valence-corrected chi connectivity index (χ4v) is 3.75. The normalized spacial score (nSPS) is 12.4. The van der Waals surface area contributed by atoms with Crippen molar-refractivity contribution in [3.63, 3.8) is 0 Å². The van der Waals surface area contributed by atoms with E-state index in [9.17, 15) is 22.4 Å². The van der Waals surface area contributed by atoms with E-state index in [0.717, 1.165) is 34.4 Å². The molecule has 0 saturated carbocycles. The Morgan fingerprint density at radius 3 is 2.26 bits per heavy atom. The van der Waals surface area contributed by atoms with Gasteiger partial charge in [-0.25, -0.2) is 4.79 Å². The Labute approximate surface area is 193 Å². The number of fused-ring (bicyclic) bond motifs is 3. The summed E-state index contributed by atoms with van der Waals surface area (Å²) in [6.07, 6.45) is -9.20. The number of benzene rings is 3. The zero-order valence-corrected chi connectivity index (χ0v) is 17.7. The van der Waals surface area contributed by atoms with Gasteiger partial charge in [0.15, 0.2) is 0 Å². The second-order valence-corrected chi connectivity index (χ2v) is 7.47. The van der Waals surface area contributed by atoms with Crippen molar-refractivity contribution in [3.05, 3.63) is 89.5 Å². The van der Waals surface area contributed by atoms with Crippen LogP contribution in [0.2, 0.25) is 0 Å². The Hall–Kier alpha value is -3.99. The number of hydrogen-bond donors (Lipinski definition) is 1. The van der Waals surface area contributed by atoms with Crippen molar-refractivity contribution in [1.29, 1.82) is 0 Å². The van der Waals surface area contributed by atoms with Crippen molar-refractivity contribution in [1.82, 2.24) is 5.32 Å². The van der Waals surface area contributed by atoms with Crippen molar-refractivity contribution >= 4 is 6.09 Å². The van der Waals surface area contributed by atoms with Crippen LogP contribution < -0.4 is 10.1 Å². The number of alkyl carbamates (subject to hydrolysis) is 1. The number of alkyl halides is 4. The third-order valence-corrected chi connectivity index (χ3v) is 5.24. The molecule has 0 unspecified atom stereocenters. The smallest absolute Gasteiger partial charge is 0.449 e. The minimum Gasteiger partial charge on any atom is -0.449 e. The molecule has 3 aromatic carbocycles. The van der Waals surface area contributed by atoms with Gasteiger partial charge in [-0.3, -0.25) is 0 Å². The molecule has 3 aromatic rings. The number of carbonyl (C=O) groups excluding carboxylic acids is 1. The summed E-state index contributed by atoms with van der Waals surface area (Å²) in [5.41, 5.74) is 4.69. The van der Waals surface area contributed by atoms with Gasteiger partial charge in [0.1, 0.15) is 12.4 Å². The van der Waals surface area contributed by atoms with Gasteiger partial charge in [-0.1, -0.05) is 66.4 Å². The van der Waals surface area contributed by atoms with E-state index in [-0.39, 0.29) is 24.6 Å². The molecular weight excluding hydrogens is 450 g/mol. The number of rotatable bonds is 6. The van der Waals surface area contributed by atoms with Crippen LogP contribution >= 0.6 is 0 Å². The van der Waals surface area contributed by atoms with Crippen LogP contribution in [0.4, 0.5) is 22.4 Å². The molecular formula is C26H19F4NO3. The van der Waals surface area contributed by atoms with E-state index in [2.05, 4.69) is 21.9 Å². The molecule has 0 atom stereocenters. The molecule has 1 N–H and O–H groups in total. The van der Waals surface area contributed by atoms with Gasteiger partial charge in [0.05, 0.1) is 6.54 Å². The highest BCUT2D eigenvalue weighted by atomic mass is 19.3. The zero-order valence-electron chi connectivity index (χ0n) is 17.7. The lowest BCUT2D eigenvalue weighted by Crippen LogP contribution is -2.33. The average molecular weight is 469 g/mol. The maximum Gasteiger partial charge on any atom is 0.461 e. The van der Waals surface area contributed by atoms with Crippen LogP contribution in [-0.2, 0) is 4.74 Å². The van der Waals surface area contributed by atoms with Crippen LogP contribution in [0, 0.1) is 11.8 Å². The van der Waals surface area contributed by atoms with Gasteiger partial charge < -0.3 is 14.8 Å². The van der Waals surface area contributed by atoms with Crippen LogP contribution in [0.25, 0.3) is 11.1 Å². The van der Waals surface area contributed by atoms with Crippen LogP contribution in [0.5, 0.6) is 5.75 Å². The second-order valence-electron chi connectivity index (χ2n) is 7.47. The van der Waals surface area contributed by atoms with Crippen molar-refractivity contribution < 1.29 is 31.8 Å². The molecule has 1 aliphatic carbocycles. The largest absolute Gasteiger partial charge is 0.461 e. The summed E-state index contributed by atoms with van der Waals surface area (Å²) in [5.74, 6) is 4.78.